The molecule has 0 fully saturated rings. The van der Waals surface area contributed by atoms with Crippen molar-refractivity contribution in [2.45, 2.75) is 36.6 Å². The van der Waals surface area contributed by atoms with Crippen LogP contribution in [0.3, 0.4) is 0 Å². The fourth-order valence-electron chi connectivity index (χ4n) is 11.5. The molecule has 9 aromatic carbocycles. The summed E-state index contributed by atoms with van der Waals surface area (Å²) >= 11 is 1.91. The van der Waals surface area contributed by atoms with Crippen molar-refractivity contribution in [2.75, 3.05) is 0 Å². The topological polar surface area (TPSA) is 44.5 Å². The van der Waals surface area contributed by atoms with E-state index in [1.807, 2.05) is 46.5 Å². The van der Waals surface area contributed by atoms with Gasteiger partial charge in [-0.15, -0.1) is 0 Å². The molecule has 0 aliphatic carbocycles. The van der Waals surface area contributed by atoms with Crippen LogP contribution in [0, 0.1) is 13.7 Å². The molecular weight excluding hydrogens is 893 g/mol. The van der Waals surface area contributed by atoms with Crippen LogP contribution in [0.25, 0.3) is 67.1 Å². The summed E-state index contributed by atoms with van der Waals surface area (Å²) < 4.78 is 59.5. The molecule has 0 saturated carbocycles. The molecule has 330 valence electrons. The Kier molecular flexibility index (Phi) is 7.47. The Bertz CT molecular complexity index is 4440. The third-order valence-electron chi connectivity index (χ3n) is 14.6. The lowest BCUT2D eigenvalue weighted by Crippen LogP contribution is -2.76. The minimum atomic E-state index is -3.20. The van der Waals surface area contributed by atoms with Crippen LogP contribution in [-0.4, -0.2) is 44.1 Å². The van der Waals surface area contributed by atoms with Gasteiger partial charge in [0.2, 0.25) is 11.6 Å². The van der Waals surface area contributed by atoms with E-state index in [0.29, 0.717) is 33.6 Å². The smallest absolute Gasteiger partial charge is 0.220 e. The Morgan fingerprint density at radius 2 is 0.971 bits per heavy atom. The summed E-state index contributed by atoms with van der Waals surface area (Å²) in [6, 6.07) is 72.2. The maximum Gasteiger partial charge on any atom is 0.220 e. The first-order valence-corrected chi connectivity index (χ1v) is 29.1. The van der Waals surface area contributed by atoms with Gasteiger partial charge >= 0.3 is 0 Å². The molecule has 0 spiro atoms. The average molecular weight is 945 g/mol. The summed E-state index contributed by atoms with van der Waals surface area (Å²) in [6.45, 7) is 0.183. The first kappa shape index (κ1) is 34.6. The van der Waals surface area contributed by atoms with Crippen LogP contribution in [0.5, 0.6) is 0 Å². The van der Waals surface area contributed by atoms with Gasteiger partial charge in [-0.25, -0.2) is 9.97 Å². The number of rotatable bonds is 6. The van der Waals surface area contributed by atoms with Gasteiger partial charge in [-0.2, -0.15) is 0 Å². The number of nitrogens with zero attached hydrogens (tertiary/aromatic N) is 6. The predicted octanol–water partition coefficient (Wildman–Crippen LogP) is 10.5. The second kappa shape index (κ2) is 14.9. The first-order chi connectivity index (χ1) is 36.2. The fourth-order valence-corrected chi connectivity index (χ4v) is 22.6. The van der Waals surface area contributed by atoms with Crippen LogP contribution in [0.4, 0.5) is 0 Å². The quantitative estimate of drug-likeness (QED) is 0.123. The molecule has 0 amide bonds. The number of para-hydroxylation sites is 4. The number of fused-ring (bicyclic) bond motifs is 12. The van der Waals surface area contributed by atoms with Gasteiger partial charge in [0.1, 0.15) is 8.07 Å². The van der Waals surface area contributed by atoms with Gasteiger partial charge in [-0.1, -0.05) is 170 Å². The second-order valence-electron chi connectivity index (χ2n) is 18.6. The average Bonchev–Trinajstić information content (AvgIpc) is 4.26. The van der Waals surface area contributed by atoms with Crippen LogP contribution >= 0.6 is 11.8 Å². The van der Waals surface area contributed by atoms with Crippen molar-refractivity contribution in [3.8, 4) is 11.4 Å². The Labute approximate surface area is 414 Å². The van der Waals surface area contributed by atoms with E-state index in [-0.39, 0.29) is 11.1 Å². The normalized spacial score (nSPS) is 15.2. The number of hydrogen-bond donors (Lipinski definition) is 0. The van der Waals surface area contributed by atoms with E-state index >= 15 is 0 Å². The van der Waals surface area contributed by atoms with E-state index in [1.54, 1.807) is 24.3 Å². The van der Waals surface area contributed by atoms with Crippen molar-refractivity contribution in [3.63, 3.8) is 0 Å². The SMILES string of the molecule is [2H]C([2H])([2H])c1cccc2c1nc1n(-c3ccc4c(c3)n3c5cccc(C([2H])([2H])[2H])c5nc3n4-c3cccc([Si](c4ccccc4)(c4ccccc4)c4cccc5c4Sc4ccccc4[Si]5(C)C)c3)c3ccccc3n21. The molecule has 0 bridgehead atoms. The molecule has 6 nitrogen and oxygen atoms in total. The number of aromatic nitrogens is 6. The van der Waals surface area contributed by atoms with E-state index in [1.165, 1.54) is 40.9 Å². The van der Waals surface area contributed by atoms with Crippen molar-refractivity contribution in [2.24, 2.45) is 0 Å². The minimum Gasteiger partial charge on any atom is -0.278 e. The summed E-state index contributed by atoms with van der Waals surface area (Å²) in [6.07, 6.45) is 0. The maximum atomic E-state index is 8.65. The van der Waals surface area contributed by atoms with Gasteiger partial charge in [-0.05, 0) is 117 Å². The number of benzene rings is 9. The van der Waals surface area contributed by atoms with Gasteiger partial charge in [0.15, 0.2) is 8.07 Å². The van der Waals surface area contributed by atoms with E-state index in [4.69, 9.17) is 18.2 Å². The summed E-state index contributed by atoms with van der Waals surface area (Å²) in [4.78, 5) is 13.1. The van der Waals surface area contributed by atoms with Crippen molar-refractivity contribution in [1.82, 2.24) is 27.9 Å². The lowest BCUT2D eigenvalue weighted by atomic mass is 10.2. The summed E-state index contributed by atoms with van der Waals surface area (Å²) in [5, 5.41) is 7.99. The Hall–Kier alpha value is -7.70. The van der Waals surface area contributed by atoms with Crippen LogP contribution < -0.4 is 31.1 Å². The molecule has 0 radical (unpaired) electrons. The molecule has 0 saturated heterocycles. The number of imidazole rings is 4. The largest absolute Gasteiger partial charge is 0.278 e. The molecule has 14 rings (SSSR count). The molecular formula is C60H46N6SSi2. The molecule has 1 aliphatic rings. The zero-order valence-electron chi connectivity index (χ0n) is 43.7. The molecule has 5 heterocycles. The van der Waals surface area contributed by atoms with Crippen molar-refractivity contribution >= 4 is 115 Å². The monoisotopic (exact) mass is 944 g/mol. The lowest BCUT2D eigenvalue weighted by Gasteiger charge is -2.40. The van der Waals surface area contributed by atoms with Crippen LogP contribution in [-0.2, 0) is 0 Å². The number of aryl methyl sites for hydroxylation is 2. The lowest BCUT2D eigenvalue weighted by molar-refractivity contribution is 1.11. The molecule has 4 aromatic heterocycles. The van der Waals surface area contributed by atoms with Gasteiger partial charge < -0.3 is 0 Å². The second-order valence-corrected chi connectivity index (χ2v) is 27.8. The fraction of sp³-hybridized carbons (Fsp3) is 0.0667. The minimum absolute atomic E-state index is 0.180. The van der Waals surface area contributed by atoms with Gasteiger partial charge in [0.25, 0.3) is 0 Å². The van der Waals surface area contributed by atoms with Gasteiger partial charge in [-0.3, -0.25) is 17.9 Å². The Morgan fingerprint density at radius 1 is 0.449 bits per heavy atom. The Morgan fingerprint density at radius 3 is 1.65 bits per heavy atom. The van der Waals surface area contributed by atoms with Gasteiger partial charge in [0, 0.05) is 23.7 Å². The predicted molar refractivity (Wildman–Crippen MR) is 293 cm³/mol. The van der Waals surface area contributed by atoms with Crippen molar-refractivity contribution in [1.29, 1.82) is 0 Å². The first-order valence-electron chi connectivity index (χ1n) is 26.3. The van der Waals surface area contributed by atoms with E-state index in [9.17, 15) is 0 Å². The highest BCUT2D eigenvalue weighted by molar-refractivity contribution is 8.00. The van der Waals surface area contributed by atoms with Crippen LogP contribution in [0.2, 0.25) is 13.1 Å². The third-order valence-corrected chi connectivity index (χ3v) is 24.7. The highest BCUT2D eigenvalue weighted by atomic mass is 32.2. The molecule has 9 heteroatoms. The zero-order chi connectivity index (χ0) is 51.2. The standard InChI is InChI=1S/C60H46N6SSi2/c1-39-19-15-29-49-56(39)61-59-64(46-27-11-12-28-47(46)65(49)59)42-35-36-48-51(38-42)66-50-30-16-20-40(2)57(50)62-60(66)63(48)41-21-17-26-45(37-41)69(43-22-7-5-8-23-43,44-24-9-6-10-25-44)55-34-18-33-54-58(55)67-52-31-13-14-32-53(52)68(54,3)4/h5-38H,1-4H3/i1D3,2D3. The Balaban J connectivity index is 1.06. The van der Waals surface area contributed by atoms with Crippen molar-refractivity contribution < 1.29 is 8.22 Å². The van der Waals surface area contributed by atoms with Gasteiger partial charge in [0.05, 0.1) is 49.8 Å². The number of hydrogen-bond acceptors (Lipinski definition) is 3. The van der Waals surface area contributed by atoms with E-state index < -0.39 is 29.9 Å². The molecule has 0 N–H and O–H groups in total. The summed E-state index contributed by atoms with van der Waals surface area (Å²) in [7, 11) is -5.35. The summed E-state index contributed by atoms with van der Waals surface area (Å²) in [5.41, 5.74) is 7.71. The van der Waals surface area contributed by atoms with Crippen LogP contribution in [0.15, 0.2) is 216 Å². The van der Waals surface area contributed by atoms with Crippen LogP contribution in [0.1, 0.15) is 19.4 Å². The molecule has 0 atom stereocenters. The molecule has 13 aromatic rings. The molecule has 69 heavy (non-hydrogen) atoms. The zero-order valence-corrected chi connectivity index (χ0v) is 40.5. The van der Waals surface area contributed by atoms with Crippen molar-refractivity contribution in [3.05, 3.63) is 217 Å². The highest BCUT2D eigenvalue weighted by Gasteiger charge is 2.46. The highest BCUT2D eigenvalue weighted by Crippen LogP contribution is 2.37. The molecule has 1 aliphatic heterocycles. The molecule has 0 unspecified atom stereocenters. The van der Waals surface area contributed by atoms with E-state index in [2.05, 4.69) is 178 Å². The maximum absolute atomic E-state index is 8.65. The summed E-state index contributed by atoms with van der Waals surface area (Å²) in [5.74, 6) is 1.15. The third kappa shape index (κ3) is 5.60. The van der Waals surface area contributed by atoms with E-state index in [0.717, 1.165) is 33.4 Å².